The van der Waals surface area contributed by atoms with Gasteiger partial charge in [0, 0.05) is 3.57 Å². The molecule has 1 aromatic carbocycles. The van der Waals surface area contributed by atoms with Crippen LogP contribution in [0.15, 0.2) is 18.2 Å². The summed E-state index contributed by atoms with van der Waals surface area (Å²) in [6, 6.07) is 5.51. The maximum atomic E-state index is 11.4. The van der Waals surface area contributed by atoms with Crippen LogP contribution in [0.2, 0.25) is 5.02 Å². The topological polar surface area (TPSA) is 41.1 Å². The van der Waals surface area contributed by atoms with E-state index in [0.29, 0.717) is 17.3 Å². The lowest BCUT2D eigenvalue weighted by molar-refractivity contribution is -0.115. The van der Waals surface area contributed by atoms with Gasteiger partial charge >= 0.3 is 0 Å². The summed E-state index contributed by atoms with van der Waals surface area (Å²) in [6.07, 6.45) is 0. The number of likely N-dealkylation sites (N-methyl/N-ethyl adjacent to an activating group) is 1. The van der Waals surface area contributed by atoms with E-state index < -0.39 is 0 Å². The SMILES string of the molecule is CCNCC(=O)Nc1ccc(I)cc1Cl. The number of benzene rings is 1. The lowest BCUT2D eigenvalue weighted by Gasteiger charge is -2.07. The molecular weight excluding hydrogens is 326 g/mol. The second-order valence-electron chi connectivity index (χ2n) is 2.95. The molecule has 0 aromatic heterocycles. The van der Waals surface area contributed by atoms with E-state index in [-0.39, 0.29) is 5.91 Å². The van der Waals surface area contributed by atoms with Gasteiger partial charge in [0.25, 0.3) is 0 Å². The Morgan fingerprint density at radius 1 is 1.53 bits per heavy atom. The van der Waals surface area contributed by atoms with Crippen molar-refractivity contribution in [3.05, 3.63) is 26.8 Å². The average Bonchev–Trinajstić information content (AvgIpc) is 2.19. The number of hydrogen-bond acceptors (Lipinski definition) is 2. The van der Waals surface area contributed by atoms with E-state index >= 15 is 0 Å². The highest BCUT2D eigenvalue weighted by atomic mass is 127. The third-order valence-corrected chi connectivity index (χ3v) is 2.72. The van der Waals surface area contributed by atoms with Crippen LogP contribution in [0.1, 0.15) is 6.92 Å². The molecule has 0 saturated heterocycles. The van der Waals surface area contributed by atoms with Gasteiger partial charge < -0.3 is 10.6 Å². The fraction of sp³-hybridized carbons (Fsp3) is 0.300. The van der Waals surface area contributed by atoms with Crippen LogP contribution in [-0.4, -0.2) is 19.0 Å². The number of anilines is 1. The molecule has 0 spiro atoms. The molecule has 0 radical (unpaired) electrons. The molecule has 1 aromatic rings. The molecule has 0 heterocycles. The average molecular weight is 339 g/mol. The van der Waals surface area contributed by atoms with E-state index in [2.05, 4.69) is 33.2 Å². The van der Waals surface area contributed by atoms with Crippen LogP contribution in [-0.2, 0) is 4.79 Å². The van der Waals surface area contributed by atoms with Crippen LogP contribution in [0.5, 0.6) is 0 Å². The van der Waals surface area contributed by atoms with Crippen molar-refractivity contribution in [3.8, 4) is 0 Å². The Morgan fingerprint density at radius 3 is 2.87 bits per heavy atom. The molecule has 1 amide bonds. The van der Waals surface area contributed by atoms with E-state index in [1.165, 1.54) is 0 Å². The number of rotatable bonds is 4. The minimum atomic E-state index is -0.0834. The van der Waals surface area contributed by atoms with Crippen LogP contribution < -0.4 is 10.6 Å². The van der Waals surface area contributed by atoms with Gasteiger partial charge in [0.05, 0.1) is 17.3 Å². The van der Waals surface area contributed by atoms with Crippen LogP contribution in [0.3, 0.4) is 0 Å². The van der Waals surface area contributed by atoms with Gasteiger partial charge in [-0.1, -0.05) is 18.5 Å². The molecule has 0 unspecified atom stereocenters. The molecule has 82 valence electrons. The minimum Gasteiger partial charge on any atom is -0.324 e. The summed E-state index contributed by atoms with van der Waals surface area (Å²) >= 11 is 8.14. The zero-order valence-corrected chi connectivity index (χ0v) is 11.2. The largest absolute Gasteiger partial charge is 0.324 e. The molecule has 5 heteroatoms. The van der Waals surface area contributed by atoms with E-state index in [9.17, 15) is 4.79 Å². The van der Waals surface area contributed by atoms with E-state index in [0.717, 1.165) is 10.1 Å². The number of hydrogen-bond donors (Lipinski definition) is 2. The van der Waals surface area contributed by atoms with Crippen LogP contribution in [0, 0.1) is 3.57 Å². The van der Waals surface area contributed by atoms with Gasteiger partial charge in [0.15, 0.2) is 0 Å². The maximum absolute atomic E-state index is 11.4. The van der Waals surface area contributed by atoms with E-state index in [1.807, 2.05) is 19.1 Å². The van der Waals surface area contributed by atoms with Crippen molar-refractivity contribution in [3.63, 3.8) is 0 Å². The van der Waals surface area contributed by atoms with Crippen molar-refractivity contribution in [2.24, 2.45) is 0 Å². The van der Waals surface area contributed by atoms with Gasteiger partial charge in [-0.15, -0.1) is 0 Å². The second-order valence-corrected chi connectivity index (χ2v) is 4.61. The summed E-state index contributed by atoms with van der Waals surface area (Å²) in [5, 5.41) is 6.24. The van der Waals surface area contributed by atoms with Crippen molar-refractivity contribution >= 4 is 45.8 Å². The summed E-state index contributed by atoms with van der Waals surface area (Å²) < 4.78 is 1.04. The van der Waals surface area contributed by atoms with Crippen molar-refractivity contribution in [1.29, 1.82) is 0 Å². The van der Waals surface area contributed by atoms with Gasteiger partial charge in [0.2, 0.25) is 5.91 Å². The van der Waals surface area contributed by atoms with Crippen molar-refractivity contribution in [2.75, 3.05) is 18.4 Å². The molecule has 0 fully saturated rings. The summed E-state index contributed by atoms with van der Waals surface area (Å²) in [5.74, 6) is -0.0834. The standard InChI is InChI=1S/C10H12ClIN2O/c1-2-13-6-10(15)14-9-4-3-7(12)5-8(9)11/h3-5,13H,2,6H2,1H3,(H,14,15). The molecule has 0 atom stereocenters. The molecule has 0 aliphatic rings. The molecule has 0 aliphatic carbocycles. The third kappa shape index (κ3) is 4.36. The van der Waals surface area contributed by atoms with E-state index in [1.54, 1.807) is 6.07 Å². The Morgan fingerprint density at radius 2 is 2.27 bits per heavy atom. The number of halogens is 2. The van der Waals surface area contributed by atoms with Gasteiger partial charge in [-0.3, -0.25) is 4.79 Å². The second kappa shape index (κ2) is 6.30. The highest BCUT2D eigenvalue weighted by Gasteiger charge is 2.04. The predicted octanol–water partition coefficient (Wildman–Crippen LogP) is 2.49. The van der Waals surface area contributed by atoms with Crippen molar-refractivity contribution in [1.82, 2.24) is 5.32 Å². The number of nitrogens with one attached hydrogen (secondary N) is 2. The van der Waals surface area contributed by atoms with Gasteiger partial charge in [-0.05, 0) is 47.3 Å². The maximum Gasteiger partial charge on any atom is 0.238 e. The molecule has 3 nitrogen and oxygen atoms in total. The summed E-state index contributed by atoms with van der Waals surface area (Å²) in [7, 11) is 0. The van der Waals surface area contributed by atoms with E-state index in [4.69, 9.17) is 11.6 Å². The Labute approximate surface area is 108 Å². The van der Waals surface area contributed by atoms with Gasteiger partial charge in [-0.2, -0.15) is 0 Å². The molecule has 0 saturated carbocycles. The normalized spacial score (nSPS) is 10.1. The first-order chi connectivity index (χ1) is 7.13. The van der Waals surface area contributed by atoms with Crippen molar-refractivity contribution < 1.29 is 4.79 Å². The number of amides is 1. The first-order valence-corrected chi connectivity index (χ1v) is 6.04. The van der Waals surface area contributed by atoms with Gasteiger partial charge in [-0.25, -0.2) is 0 Å². The lowest BCUT2D eigenvalue weighted by Crippen LogP contribution is -2.27. The smallest absolute Gasteiger partial charge is 0.238 e. The first kappa shape index (κ1) is 12.7. The fourth-order valence-electron chi connectivity index (χ4n) is 1.02. The first-order valence-electron chi connectivity index (χ1n) is 4.59. The Bertz CT molecular complexity index is 357. The Balaban J connectivity index is 2.60. The molecule has 1 rings (SSSR count). The molecular formula is C10H12ClIN2O. The molecule has 15 heavy (non-hydrogen) atoms. The zero-order valence-electron chi connectivity index (χ0n) is 8.31. The number of carbonyl (C=O) groups excluding carboxylic acids is 1. The van der Waals surface area contributed by atoms with Crippen LogP contribution in [0.4, 0.5) is 5.69 Å². The summed E-state index contributed by atoms with van der Waals surface area (Å²) in [6.45, 7) is 3.03. The molecule has 2 N–H and O–H groups in total. The fourth-order valence-corrected chi connectivity index (χ4v) is 1.93. The zero-order chi connectivity index (χ0) is 11.3. The summed E-state index contributed by atoms with van der Waals surface area (Å²) in [4.78, 5) is 11.4. The quantitative estimate of drug-likeness (QED) is 0.828. The van der Waals surface area contributed by atoms with Crippen molar-refractivity contribution in [2.45, 2.75) is 6.92 Å². The Hall–Kier alpha value is -0.330. The number of carbonyl (C=O) groups is 1. The van der Waals surface area contributed by atoms with Crippen LogP contribution in [0.25, 0.3) is 0 Å². The lowest BCUT2D eigenvalue weighted by atomic mass is 10.3. The van der Waals surface area contributed by atoms with Crippen LogP contribution >= 0.6 is 34.2 Å². The Kier molecular flexibility index (Phi) is 5.35. The third-order valence-electron chi connectivity index (χ3n) is 1.74. The summed E-state index contributed by atoms with van der Waals surface area (Å²) in [5.41, 5.74) is 0.653. The molecule has 0 aliphatic heterocycles. The highest BCUT2D eigenvalue weighted by molar-refractivity contribution is 14.1. The predicted molar refractivity (Wildman–Crippen MR) is 71.3 cm³/mol. The van der Waals surface area contributed by atoms with Gasteiger partial charge in [0.1, 0.15) is 0 Å². The monoisotopic (exact) mass is 338 g/mol. The minimum absolute atomic E-state index is 0.0834. The highest BCUT2D eigenvalue weighted by Crippen LogP contribution is 2.23. The molecule has 0 bridgehead atoms.